The van der Waals surface area contributed by atoms with Crippen molar-refractivity contribution >= 4 is 35.5 Å². The number of benzene rings is 2. The van der Waals surface area contributed by atoms with Crippen molar-refractivity contribution in [2.75, 3.05) is 19.0 Å². The van der Waals surface area contributed by atoms with E-state index >= 15 is 0 Å². The molecular weight excluding hydrogens is 331 g/mol. The zero-order chi connectivity index (χ0) is 15.6. The molecule has 22 heavy (non-hydrogen) atoms. The van der Waals surface area contributed by atoms with Crippen LogP contribution in [0.25, 0.3) is 0 Å². The number of halogens is 4. The zero-order valence-corrected chi connectivity index (χ0v) is 13.6. The number of carbonyl (C=O) groups excluding carboxylic acids is 1. The Kier molecular flexibility index (Phi) is 5.92. The van der Waals surface area contributed by atoms with Gasteiger partial charge in [-0.05, 0) is 24.3 Å². The lowest BCUT2D eigenvalue weighted by Gasteiger charge is -2.18. The van der Waals surface area contributed by atoms with Crippen LogP contribution >= 0.6 is 24.0 Å². The third-order valence-corrected chi connectivity index (χ3v) is 3.33. The van der Waals surface area contributed by atoms with Gasteiger partial charge in [-0.2, -0.15) is 8.78 Å². The molecular formula is C16H15Cl2F2NO. The summed E-state index contributed by atoms with van der Waals surface area (Å²) in [6.45, 7) is 0. The quantitative estimate of drug-likeness (QED) is 0.741. The first-order chi connectivity index (χ1) is 9.82. The third-order valence-electron chi connectivity index (χ3n) is 3.10. The fraction of sp³-hybridized carbons (Fsp3) is 0.188. The highest BCUT2D eigenvalue weighted by molar-refractivity contribution is 6.30. The summed E-state index contributed by atoms with van der Waals surface area (Å²) in [5, 5.41) is 0.169. The topological polar surface area (TPSA) is 20.3 Å². The molecule has 0 N–H and O–H groups in total. The molecule has 0 spiro atoms. The Bertz CT molecular complexity index is 675. The minimum absolute atomic E-state index is 0. The van der Waals surface area contributed by atoms with E-state index < -0.39 is 17.3 Å². The van der Waals surface area contributed by atoms with Crippen LogP contribution in [0.5, 0.6) is 0 Å². The number of anilines is 1. The van der Waals surface area contributed by atoms with Gasteiger partial charge in [-0.15, -0.1) is 12.4 Å². The Morgan fingerprint density at radius 2 is 1.73 bits per heavy atom. The largest absolute Gasteiger partial charge is 0.378 e. The molecule has 0 saturated carbocycles. The van der Waals surface area contributed by atoms with Crippen LogP contribution in [-0.4, -0.2) is 19.9 Å². The van der Waals surface area contributed by atoms with Gasteiger partial charge in [0.2, 0.25) is 5.78 Å². The number of Topliss-reactive ketones (excluding diaryl/α,β-unsaturated/α-hetero) is 1. The second-order valence-corrected chi connectivity index (χ2v) is 5.30. The molecule has 6 heteroatoms. The average Bonchev–Trinajstić information content (AvgIpc) is 2.46. The average molecular weight is 346 g/mol. The molecule has 0 atom stereocenters. The van der Waals surface area contributed by atoms with Crippen molar-refractivity contribution in [1.29, 1.82) is 0 Å². The zero-order valence-electron chi connectivity index (χ0n) is 12.0. The molecule has 0 saturated heterocycles. The van der Waals surface area contributed by atoms with E-state index in [1.165, 1.54) is 30.3 Å². The highest BCUT2D eigenvalue weighted by Gasteiger charge is 2.41. The van der Waals surface area contributed by atoms with E-state index in [0.717, 1.165) is 6.07 Å². The van der Waals surface area contributed by atoms with Crippen molar-refractivity contribution in [3.05, 3.63) is 64.7 Å². The predicted octanol–water partition coefficient (Wildman–Crippen LogP) is 4.80. The van der Waals surface area contributed by atoms with Crippen LogP contribution in [0.2, 0.25) is 5.02 Å². The normalized spacial score (nSPS) is 10.8. The van der Waals surface area contributed by atoms with Gasteiger partial charge >= 0.3 is 5.92 Å². The molecule has 0 aliphatic heterocycles. The van der Waals surface area contributed by atoms with Crippen molar-refractivity contribution in [1.82, 2.24) is 0 Å². The van der Waals surface area contributed by atoms with Crippen LogP contribution < -0.4 is 4.90 Å². The monoisotopic (exact) mass is 345 g/mol. The van der Waals surface area contributed by atoms with E-state index in [-0.39, 0.29) is 23.0 Å². The van der Waals surface area contributed by atoms with Crippen molar-refractivity contribution in [3.63, 3.8) is 0 Å². The standard InChI is InChI=1S/C16H14ClF2NO.ClH/c1-20(2)14-8-3-5-11(9-14)15(21)16(18,19)12-6-4-7-13(17)10-12;/h3-10H,1-2H3;1H. The van der Waals surface area contributed by atoms with Crippen molar-refractivity contribution in [2.24, 2.45) is 0 Å². The summed E-state index contributed by atoms with van der Waals surface area (Å²) in [5.41, 5.74) is 0.240. The lowest BCUT2D eigenvalue weighted by molar-refractivity contribution is 0.00744. The summed E-state index contributed by atoms with van der Waals surface area (Å²) in [6.07, 6.45) is 0. The number of ketones is 1. The van der Waals surface area contributed by atoms with Gasteiger partial charge in [0.15, 0.2) is 0 Å². The van der Waals surface area contributed by atoms with Crippen LogP contribution in [0.4, 0.5) is 14.5 Å². The van der Waals surface area contributed by atoms with Crippen LogP contribution in [0.15, 0.2) is 48.5 Å². The Morgan fingerprint density at radius 3 is 2.32 bits per heavy atom. The molecule has 0 aliphatic rings. The number of nitrogens with zero attached hydrogens (tertiary/aromatic N) is 1. The molecule has 0 fully saturated rings. The summed E-state index contributed by atoms with van der Waals surface area (Å²) in [7, 11) is 3.55. The first-order valence-corrected chi connectivity index (χ1v) is 6.66. The molecule has 118 valence electrons. The smallest absolute Gasteiger partial charge is 0.335 e. The molecule has 2 aromatic rings. The minimum atomic E-state index is -3.62. The maximum Gasteiger partial charge on any atom is 0.335 e. The van der Waals surface area contributed by atoms with Crippen LogP contribution in [0.3, 0.4) is 0 Å². The molecule has 0 unspecified atom stereocenters. The molecule has 0 bridgehead atoms. The van der Waals surface area contributed by atoms with Gasteiger partial charge in [-0.25, -0.2) is 0 Å². The second-order valence-electron chi connectivity index (χ2n) is 4.86. The Balaban J connectivity index is 0.00000242. The Morgan fingerprint density at radius 1 is 1.09 bits per heavy atom. The summed E-state index contributed by atoms with van der Waals surface area (Å²) in [5.74, 6) is -4.86. The maximum atomic E-state index is 14.3. The first-order valence-electron chi connectivity index (χ1n) is 6.28. The number of carbonyl (C=O) groups is 1. The van der Waals surface area contributed by atoms with E-state index in [4.69, 9.17) is 11.6 Å². The third kappa shape index (κ3) is 3.76. The molecule has 0 aromatic heterocycles. The van der Waals surface area contributed by atoms with Gasteiger partial charge in [-0.1, -0.05) is 35.9 Å². The van der Waals surface area contributed by atoms with Crippen LogP contribution in [0, 0.1) is 0 Å². The Labute approximate surface area is 139 Å². The van der Waals surface area contributed by atoms with Gasteiger partial charge in [0, 0.05) is 35.9 Å². The van der Waals surface area contributed by atoms with E-state index in [9.17, 15) is 13.6 Å². The molecule has 0 aliphatic carbocycles. The van der Waals surface area contributed by atoms with Crippen molar-refractivity contribution in [2.45, 2.75) is 5.92 Å². The number of alkyl halides is 2. The Hall–Kier alpha value is -1.65. The first kappa shape index (κ1) is 18.4. The predicted molar refractivity (Wildman–Crippen MR) is 87.7 cm³/mol. The molecule has 0 heterocycles. The fourth-order valence-electron chi connectivity index (χ4n) is 1.92. The van der Waals surface area contributed by atoms with Gasteiger partial charge < -0.3 is 4.90 Å². The summed E-state index contributed by atoms with van der Waals surface area (Å²) < 4.78 is 28.7. The van der Waals surface area contributed by atoms with Crippen molar-refractivity contribution < 1.29 is 13.6 Å². The molecule has 0 amide bonds. The van der Waals surface area contributed by atoms with Crippen molar-refractivity contribution in [3.8, 4) is 0 Å². The summed E-state index contributed by atoms with van der Waals surface area (Å²) in [6, 6.07) is 11.3. The molecule has 0 radical (unpaired) electrons. The van der Waals surface area contributed by atoms with Crippen LogP contribution in [-0.2, 0) is 5.92 Å². The lowest BCUT2D eigenvalue weighted by atomic mass is 9.98. The molecule has 2 aromatic carbocycles. The van der Waals surface area contributed by atoms with E-state index in [2.05, 4.69) is 0 Å². The number of hydrogen-bond donors (Lipinski definition) is 0. The van der Waals surface area contributed by atoms with E-state index in [1.807, 2.05) is 0 Å². The van der Waals surface area contributed by atoms with E-state index in [0.29, 0.717) is 5.69 Å². The van der Waals surface area contributed by atoms with Gasteiger partial charge in [0.05, 0.1) is 0 Å². The highest BCUT2D eigenvalue weighted by Crippen LogP contribution is 2.33. The SMILES string of the molecule is CN(C)c1cccc(C(=O)C(F)(F)c2cccc(Cl)c2)c1.Cl. The van der Waals surface area contributed by atoms with E-state index in [1.54, 1.807) is 31.1 Å². The summed E-state index contributed by atoms with van der Waals surface area (Å²) in [4.78, 5) is 13.9. The molecule has 2 rings (SSSR count). The number of hydrogen-bond acceptors (Lipinski definition) is 2. The minimum Gasteiger partial charge on any atom is -0.378 e. The summed E-state index contributed by atoms with van der Waals surface area (Å²) >= 11 is 5.72. The van der Waals surface area contributed by atoms with Gasteiger partial charge in [0.25, 0.3) is 0 Å². The highest BCUT2D eigenvalue weighted by atomic mass is 35.5. The van der Waals surface area contributed by atoms with Gasteiger partial charge in [-0.3, -0.25) is 4.79 Å². The maximum absolute atomic E-state index is 14.3. The number of rotatable bonds is 4. The molecule has 2 nitrogen and oxygen atoms in total. The fourth-order valence-corrected chi connectivity index (χ4v) is 2.11. The van der Waals surface area contributed by atoms with Crippen LogP contribution in [0.1, 0.15) is 15.9 Å². The van der Waals surface area contributed by atoms with Gasteiger partial charge in [0.1, 0.15) is 0 Å². The second kappa shape index (κ2) is 7.07. The lowest BCUT2D eigenvalue weighted by Crippen LogP contribution is -2.26.